The summed E-state index contributed by atoms with van der Waals surface area (Å²) in [5.41, 5.74) is 1.92. The summed E-state index contributed by atoms with van der Waals surface area (Å²) in [5.74, 6) is 0.0390. The lowest BCUT2D eigenvalue weighted by Gasteiger charge is -2.22. The van der Waals surface area contributed by atoms with E-state index < -0.39 is 0 Å². The van der Waals surface area contributed by atoms with E-state index in [1.807, 2.05) is 23.1 Å². The number of rotatable bonds is 3. The Morgan fingerprint density at radius 3 is 2.43 bits per heavy atom. The second-order valence-corrected chi connectivity index (χ2v) is 6.29. The molecule has 0 bridgehead atoms. The zero-order chi connectivity index (χ0) is 16.1. The molecular weight excluding hydrogens is 308 g/mol. The van der Waals surface area contributed by atoms with Gasteiger partial charge in [-0.2, -0.15) is 0 Å². The van der Waals surface area contributed by atoms with Crippen molar-refractivity contribution in [2.24, 2.45) is 0 Å². The number of benzene rings is 2. The first-order valence-electron chi connectivity index (χ1n) is 8.04. The minimum atomic E-state index is 0.0390. The van der Waals surface area contributed by atoms with E-state index in [1.165, 1.54) is 5.56 Å². The maximum absolute atomic E-state index is 12.7. The Hall–Kier alpha value is -1.84. The van der Waals surface area contributed by atoms with Gasteiger partial charge in [-0.3, -0.25) is 9.69 Å². The SMILES string of the molecule is O=C(c1ccccc1Cl)N1CCCN(Cc2ccccc2)CC1. The van der Waals surface area contributed by atoms with Gasteiger partial charge in [-0.1, -0.05) is 54.1 Å². The molecule has 0 spiro atoms. The number of hydrogen-bond acceptors (Lipinski definition) is 2. The summed E-state index contributed by atoms with van der Waals surface area (Å²) in [6.45, 7) is 4.38. The van der Waals surface area contributed by atoms with Crippen LogP contribution in [0.15, 0.2) is 54.6 Å². The number of carbonyl (C=O) groups excluding carboxylic acids is 1. The van der Waals surface area contributed by atoms with Crippen molar-refractivity contribution in [2.45, 2.75) is 13.0 Å². The number of amides is 1. The van der Waals surface area contributed by atoms with Gasteiger partial charge >= 0.3 is 0 Å². The van der Waals surface area contributed by atoms with Gasteiger partial charge in [0.2, 0.25) is 0 Å². The molecule has 1 saturated heterocycles. The number of hydrogen-bond donors (Lipinski definition) is 0. The summed E-state index contributed by atoms with van der Waals surface area (Å²) in [7, 11) is 0. The number of carbonyl (C=O) groups is 1. The van der Waals surface area contributed by atoms with E-state index in [9.17, 15) is 4.79 Å². The minimum Gasteiger partial charge on any atom is -0.337 e. The predicted molar refractivity (Wildman–Crippen MR) is 93.7 cm³/mol. The number of halogens is 1. The van der Waals surface area contributed by atoms with Crippen molar-refractivity contribution in [1.29, 1.82) is 0 Å². The molecule has 0 N–H and O–H groups in total. The molecule has 1 heterocycles. The van der Waals surface area contributed by atoms with E-state index in [-0.39, 0.29) is 5.91 Å². The van der Waals surface area contributed by atoms with Crippen molar-refractivity contribution in [3.63, 3.8) is 0 Å². The maximum atomic E-state index is 12.7. The second-order valence-electron chi connectivity index (χ2n) is 5.89. The molecule has 23 heavy (non-hydrogen) atoms. The summed E-state index contributed by atoms with van der Waals surface area (Å²) < 4.78 is 0. The average molecular weight is 329 g/mol. The maximum Gasteiger partial charge on any atom is 0.255 e. The summed E-state index contributed by atoms with van der Waals surface area (Å²) in [5, 5.41) is 0.530. The van der Waals surface area contributed by atoms with Gasteiger partial charge in [0.05, 0.1) is 10.6 Å². The van der Waals surface area contributed by atoms with Crippen molar-refractivity contribution in [2.75, 3.05) is 26.2 Å². The quantitative estimate of drug-likeness (QED) is 0.858. The Morgan fingerprint density at radius 1 is 0.913 bits per heavy atom. The van der Waals surface area contributed by atoms with Crippen molar-refractivity contribution in [1.82, 2.24) is 9.80 Å². The monoisotopic (exact) mass is 328 g/mol. The van der Waals surface area contributed by atoms with Crippen LogP contribution >= 0.6 is 11.6 Å². The van der Waals surface area contributed by atoms with Gasteiger partial charge in [0, 0.05) is 32.7 Å². The van der Waals surface area contributed by atoms with Crippen LogP contribution in [0.1, 0.15) is 22.3 Å². The van der Waals surface area contributed by atoms with Crippen LogP contribution in [0.4, 0.5) is 0 Å². The molecule has 3 nitrogen and oxygen atoms in total. The highest BCUT2D eigenvalue weighted by atomic mass is 35.5. The molecule has 4 heteroatoms. The molecule has 2 aromatic rings. The molecule has 0 aromatic heterocycles. The van der Waals surface area contributed by atoms with Gasteiger partial charge in [-0.15, -0.1) is 0 Å². The molecule has 0 atom stereocenters. The second kappa shape index (κ2) is 7.62. The first kappa shape index (κ1) is 16.0. The first-order valence-corrected chi connectivity index (χ1v) is 8.42. The van der Waals surface area contributed by atoms with Crippen LogP contribution in [0.2, 0.25) is 5.02 Å². The lowest BCUT2D eigenvalue weighted by Crippen LogP contribution is -2.35. The summed E-state index contributed by atoms with van der Waals surface area (Å²) >= 11 is 6.16. The topological polar surface area (TPSA) is 23.6 Å². The molecule has 1 aliphatic heterocycles. The molecular formula is C19H21ClN2O. The molecule has 1 fully saturated rings. The third-order valence-corrected chi connectivity index (χ3v) is 4.56. The van der Waals surface area contributed by atoms with Gasteiger partial charge in [-0.05, 0) is 24.1 Å². The Balaban J connectivity index is 1.62. The number of nitrogens with zero attached hydrogens (tertiary/aromatic N) is 2. The molecule has 1 aliphatic rings. The summed E-state index contributed by atoms with van der Waals surface area (Å²) in [6, 6.07) is 17.8. The Morgan fingerprint density at radius 2 is 1.65 bits per heavy atom. The van der Waals surface area contributed by atoms with Crippen molar-refractivity contribution >= 4 is 17.5 Å². The molecule has 0 unspecified atom stereocenters. The third kappa shape index (κ3) is 4.12. The lowest BCUT2D eigenvalue weighted by molar-refractivity contribution is 0.0761. The van der Waals surface area contributed by atoms with Crippen LogP contribution in [0.5, 0.6) is 0 Å². The Bertz CT molecular complexity index is 659. The van der Waals surface area contributed by atoms with Gasteiger partial charge in [0.15, 0.2) is 0 Å². The molecule has 3 rings (SSSR count). The zero-order valence-electron chi connectivity index (χ0n) is 13.1. The zero-order valence-corrected chi connectivity index (χ0v) is 13.9. The van der Waals surface area contributed by atoms with Crippen LogP contribution in [-0.2, 0) is 6.54 Å². The van der Waals surface area contributed by atoms with E-state index >= 15 is 0 Å². The first-order chi connectivity index (χ1) is 11.2. The third-order valence-electron chi connectivity index (χ3n) is 4.23. The molecule has 0 aliphatic carbocycles. The Labute approximate surface area is 142 Å². The highest BCUT2D eigenvalue weighted by Gasteiger charge is 2.21. The van der Waals surface area contributed by atoms with Crippen molar-refractivity contribution in [3.05, 3.63) is 70.7 Å². The van der Waals surface area contributed by atoms with Crippen LogP contribution in [0.25, 0.3) is 0 Å². The van der Waals surface area contributed by atoms with E-state index in [0.717, 1.165) is 39.1 Å². The summed E-state index contributed by atoms with van der Waals surface area (Å²) in [4.78, 5) is 17.0. The lowest BCUT2D eigenvalue weighted by atomic mass is 10.2. The van der Waals surface area contributed by atoms with E-state index in [2.05, 4.69) is 29.2 Å². The molecule has 1 amide bonds. The molecule has 0 radical (unpaired) electrons. The molecule has 2 aromatic carbocycles. The Kier molecular flexibility index (Phi) is 5.31. The van der Waals surface area contributed by atoms with Gasteiger partial charge in [-0.25, -0.2) is 0 Å². The largest absolute Gasteiger partial charge is 0.337 e. The van der Waals surface area contributed by atoms with Crippen molar-refractivity contribution < 1.29 is 4.79 Å². The normalized spacial score (nSPS) is 16.1. The van der Waals surface area contributed by atoms with Crippen LogP contribution in [0.3, 0.4) is 0 Å². The van der Waals surface area contributed by atoms with E-state index in [4.69, 9.17) is 11.6 Å². The average Bonchev–Trinajstić information content (AvgIpc) is 2.81. The summed E-state index contributed by atoms with van der Waals surface area (Å²) in [6.07, 6.45) is 0.989. The standard InChI is InChI=1S/C19H21ClN2O/c20-18-10-5-4-9-17(18)19(23)22-12-6-11-21(13-14-22)15-16-7-2-1-3-8-16/h1-5,7-10H,6,11-15H2. The smallest absolute Gasteiger partial charge is 0.255 e. The fourth-order valence-corrected chi connectivity index (χ4v) is 3.20. The van der Waals surface area contributed by atoms with Crippen LogP contribution in [-0.4, -0.2) is 41.9 Å². The highest BCUT2D eigenvalue weighted by Crippen LogP contribution is 2.18. The van der Waals surface area contributed by atoms with Crippen molar-refractivity contribution in [3.8, 4) is 0 Å². The predicted octanol–water partition coefficient (Wildman–Crippen LogP) is 3.69. The van der Waals surface area contributed by atoms with Crippen LogP contribution < -0.4 is 0 Å². The van der Waals surface area contributed by atoms with E-state index in [1.54, 1.807) is 12.1 Å². The fraction of sp³-hybridized carbons (Fsp3) is 0.316. The van der Waals surface area contributed by atoms with Gasteiger partial charge in [0.25, 0.3) is 5.91 Å². The van der Waals surface area contributed by atoms with E-state index in [0.29, 0.717) is 10.6 Å². The fourth-order valence-electron chi connectivity index (χ4n) is 2.98. The minimum absolute atomic E-state index is 0.0390. The molecule has 120 valence electrons. The van der Waals surface area contributed by atoms with Gasteiger partial charge < -0.3 is 4.90 Å². The highest BCUT2D eigenvalue weighted by molar-refractivity contribution is 6.33. The van der Waals surface area contributed by atoms with Gasteiger partial charge in [0.1, 0.15) is 0 Å². The van der Waals surface area contributed by atoms with Crippen LogP contribution in [0, 0.1) is 0 Å². The molecule has 0 saturated carbocycles.